The zero-order valence-corrected chi connectivity index (χ0v) is 12.5. The van der Waals surface area contributed by atoms with Crippen LogP contribution in [-0.2, 0) is 4.79 Å². The van der Waals surface area contributed by atoms with Crippen LogP contribution in [0.4, 0.5) is 17.1 Å². The molecule has 0 heterocycles. The topological polar surface area (TPSA) is 84.3 Å². The van der Waals surface area contributed by atoms with Crippen molar-refractivity contribution in [1.82, 2.24) is 0 Å². The van der Waals surface area contributed by atoms with Crippen LogP contribution < -0.4 is 10.6 Å². The van der Waals surface area contributed by atoms with E-state index in [1.807, 2.05) is 12.1 Å². The molecule has 2 rings (SSSR count). The van der Waals surface area contributed by atoms with E-state index in [4.69, 9.17) is 0 Å². The molecular weight excluding hydrogens is 338 g/mol. The molecule has 0 aliphatic rings. The van der Waals surface area contributed by atoms with Gasteiger partial charge in [-0.3, -0.25) is 14.9 Å². The molecule has 0 radical (unpaired) electrons. The molecule has 21 heavy (non-hydrogen) atoms. The first kappa shape index (κ1) is 15.0. The van der Waals surface area contributed by atoms with Gasteiger partial charge in [0.05, 0.1) is 11.5 Å². The summed E-state index contributed by atoms with van der Waals surface area (Å²) in [6, 6.07) is 13.2. The maximum absolute atomic E-state index is 11.8. The Hall–Kier alpha value is -2.41. The van der Waals surface area contributed by atoms with Crippen molar-refractivity contribution in [3.05, 3.63) is 63.1 Å². The summed E-state index contributed by atoms with van der Waals surface area (Å²) in [6.45, 7) is 0.0250. The number of benzene rings is 2. The van der Waals surface area contributed by atoms with Crippen molar-refractivity contribution in [2.24, 2.45) is 0 Å². The summed E-state index contributed by atoms with van der Waals surface area (Å²) in [5.41, 5.74) is 1.19. The van der Waals surface area contributed by atoms with E-state index in [0.29, 0.717) is 11.4 Å². The predicted molar refractivity (Wildman–Crippen MR) is 84.4 cm³/mol. The molecule has 0 bridgehead atoms. The van der Waals surface area contributed by atoms with Gasteiger partial charge in [-0.15, -0.1) is 0 Å². The number of rotatable bonds is 5. The van der Waals surface area contributed by atoms with Gasteiger partial charge in [-0.2, -0.15) is 0 Å². The fraction of sp³-hybridized carbons (Fsp3) is 0.0714. The molecule has 0 atom stereocenters. The minimum Gasteiger partial charge on any atom is -0.376 e. The Morgan fingerprint density at radius 3 is 2.52 bits per heavy atom. The summed E-state index contributed by atoms with van der Waals surface area (Å²) in [4.78, 5) is 21.9. The zero-order valence-electron chi connectivity index (χ0n) is 10.9. The number of carbonyl (C=O) groups is 1. The van der Waals surface area contributed by atoms with Crippen LogP contribution in [0.15, 0.2) is 53.0 Å². The maximum atomic E-state index is 11.8. The third-order valence-electron chi connectivity index (χ3n) is 2.64. The minimum atomic E-state index is -0.479. The van der Waals surface area contributed by atoms with Crippen molar-refractivity contribution in [3.8, 4) is 0 Å². The lowest BCUT2D eigenvalue weighted by Crippen LogP contribution is -2.21. The highest BCUT2D eigenvalue weighted by Crippen LogP contribution is 2.17. The molecule has 0 unspecified atom stereocenters. The Bertz CT molecular complexity index is 659. The van der Waals surface area contributed by atoms with E-state index in [9.17, 15) is 14.9 Å². The number of nitro groups is 1. The molecule has 0 aromatic heterocycles. The highest BCUT2D eigenvalue weighted by Gasteiger charge is 2.07. The van der Waals surface area contributed by atoms with Crippen molar-refractivity contribution in [2.45, 2.75) is 0 Å². The average molecular weight is 350 g/mol. The van der Waals surface area contributed by atoms with E-state index in [-0.39, 0.29) is 18.1 Å². The number of amides is 1. The molecular formula is C14H12BrN3O3. The summed E-state index contributed by atoms with van der Waals surface area (Å²) in [6.07, 6.45) is 0. The van der Waals surface area contributed by atoms with Gasteiger partial charge in [0, 0.05) is 28.0 Å². The Labute approximate surface area is 129 Å². The molecule has 6 nitrogen and oxygen atoms in total. The maximum Gasteiger partial charge on any atom is 0.271 e. The van der Waals surface area contributed by atoms with Crippen LogP contribution in [-0.4, -0.2) is 17.4 Å². The van der Waals surface area contributed by atoms with Crippen LogP contribution in [0.3, 0.4) is 0 Å². The number of non-ortho nitro benzene ring substituents is 1. The van der Waals surface area contributed by atoms with E-state index in [1.54, 1.807) is 24.3 Å². The van der Waals surface area contributed by atoms with Crippen LogP contribution in [0.25, 0.3) is 0 Å². The molecule has 0 fully saturated rings. The van der Waals surface area contributed by atoms with Gasteiger partial charge < -0.3 is 10.6 Å². The normalized spacial score (nSPS) is 9.95. The first-order chi connectivity index (χ1) is 10.0. The van der Waals surface area contributed by atoms with Crippen LogP contribution in [0.1, 0.15) is 0 Å². The van der Waals surface area contributed by atoms with Crippen molar-refractivity contribution in [1.29, 1.82) is 0 Å². The summed E-state index contributed by atoms with van der Waals surface area (Å²) in [5.74, 6) is -0.233. The van der Waals surface area contributed by atoms with Gasteiger partial charge in [-0.25, -0.2) is 0 Å². The van der Waals surface area contributed by atoms with Crippen LogP contribution in [0.2, 0.25) is 0 Å². The SMILES string of the molecule is O=C(CNc1cccc([N+](=O)[O-])c1)Nc1ccc(Br)cc1. The molecule has 2 aromatic rings. The molecule has 1 amide bonds. The smallest absolute Gasteiger partial charge is 0.271 e. The average Bonchev–Trinajstić information content (AvgIpc) is 2.48. The molecule has 7 heteroatoms. The van der Waals surface area contributed by atoms with Gasteiger partial charge >= 0.3 is 0 Å². The lowest BCUT2D eigenvalue weighted by Gasteiger charge is -2.07. The molecule has 0 aliphatic heterocycles. The van der Waals surface area contributed by atoms with Crippen molar-refractivity contribution in [2.75, 3.05) is 17.2 Å². The third-order valence-corrected chi connectivity index (χ3v) is 3.17. The number of nitrogens with one attached hydrogen (secondary N) is 2. The van der Waals surface area contributed by atoms with Gasteiger partial charge in [-0.1, -0.05) is 22.0 Å². The second kappa shape index (κ2) is 6.85. The second-order valence-corrected chi connectivity index (χ2v) is 5.13. The summed E-state index contributed by atoms with van der Waals surface area (Å²) < 4.78 is 0.926. The number of hydrogen-bond acceptors (Lipinski definition) is 4. The molecule has 0 saturated carbocycles. The highest BCUT2D eigenvalue weighted by atomic mass is 79.9. The first-order valence-electron chi connectivity index (χ1n) is 6.08. The number of halogens is 1. The monoisotopic (exact) mass is 349 g/mol. The number of nitro benzene ring substituents is 1. The van der Waals surface area contributed by atoms with E-state index in [2.05, 4.69) is 26.6 Å². The fourth-order valence-electron chi connectivity index (χ4n) is 1.65. The second-order valence-electron chi connectivity index (χ2n) is 4.22. The lowest BCUT2D eigenvalue weighted by atomic mass is 10.3. The standard InChI is InChI=1S/C14H12BrN3O3/c15-10-4-6-11(7-5-10)17-14(19)9-16-12-2-1-3-13(8-12)18(20)21/h1-8,16H,9H2,(H,17,19). The number of nitrogens with zero attached hydrogens (tertiary/aromatic N) is 1. The van der Waals surface area contributed by atoms with E-state index in [0.717, 1.165) is 4.47 Å². The number of carbonyl (C=O) groups excluding carboxylic acids is 1. The summed E-state index contributed by atoms with van der Waals surface area (Å²) >= 11 is 3.31. The van der Waals surface area contributed by atoms with E-state index >= 15 is 0 Å². The van der Waals surface area contributed by atoms with Gasteiger partial charge in [-0.05, 0) is 30.3 Å². The Kier molecular flexibility index (Phi) is 4.89. The van der Waals surface area contributed by atoms with Crippen LogP contribution in [0.5, 0.6) is 0 Å². The van der Waals surface area contributed by atoms with Crippen molar-refractivity contribution >= 4 is 38.9 Å². The predicted octanol–water partition coefficient (Wildman–Crippen LogP) is 3.41. The summed E-state index contributed by atoms with van der Waals surface area (Å²) in [7, 11) is 0. The number of anilines is 2. The quantitative estimate of drug-likeness (QED) is 0.639. The molecule has 2 aromatic carbocycles. The van der Waals surface area contributed by atoms with Crippen LogP contribution >= 0.6 is 15.9 Å². The lowest BCUT2D eigenvalue weighted by molar-refractivity contribution is -0.384. The van der Waals surface area contributed by atoms with Gasteiger partial charge in [0.2, 0.25) is 5.91 Å². The van der Waals surface area contributed by atoms with Gasteiger partial charge in [0.25, 0.3) is 5.69 Å². The van der Waals surface area contributed by atoms with E-state index in [1.165, 1.54) is 12.1 Å². The third kappa shape index (κ3) is 4.57. The fourth-order valence-corrected chi connectivity index (χ4v) is 1.91. The molecule has 2 N–H and O–H groups in total. The van der Waals surface area contributed by atoms with E-state index < -0.39 is 4.92 Å². The minimum absolute atomic E-state index is 0.0201. The summed E-state index contributed by atoms with van der Waals surface area (Å²) in [5, 5.41) is 16.2. The largest absolute Gasteiger partial charge is 0.376 e. The number of hydrogen-bond donors (Lipinski definition) is 2. The van der Waals surface area contributed by atoms with Crippen molar-refractivity contribution in [3.63, 3.8) is 0 Å². The highest BCUT2D eigenvalue weighted by molar-refractivity contribution is 9.10. The van der Waals surface area contributed by atoms with Gasteiger partial charge in [0.15, 0.2) is 0 Å². The first-order valence-corrected chi connectivity index (χ1v) is 6.87. The molecule has 0 spiro atoms. The Morgan fingerprint density at radius 1 is 1.14 bits per heavy atom. The molecule has 108 valence electrons. The van der Waals surface area contributed by atoms with Gasteiger partial charge in [0.1, 0.15) is 0 Å². The Balaban J connectivity index is 1.90. The van der Waals surface area contributed by atoms with Crippen molar-refractivity contribution < 1.29 is 9.72 Å². The molecule has 0 saturated heterocycles. The van der Waals surface area contributed by atoms with Crippen LogP contribution in [0, 0.1) is 10.1 Å². The Morgan fingerprint density at radius 2 is 1.86 bits per heavy atom. The molecule has 0 aliphatic carbocycles. The zero-order chi connectivity index (χ0) is 15.2.